The molecule has 154 valence electrons. The third-order valence-electron chi connectivity index (χ3n) is 5.25. The molecule has 4 rings (SSSR count). The van der Waals surface area contributed by atoms with Gasteiger partial charge < -0.3 is 19.5 Å². The van der Waals surface area contributed by atoms with E-state index in [4.69, 9.17) is 14.6 Å². The molecular formula is C25H25NO4. The number of carbonyl (C=O) groups is 1. The summed E-state index contributed by atoms with van der Waals surface area (Å²) in [5.74, 6) is 1.44. The number of aliphatic carboxylic acids is 1. The summed E-state index contributed by atoms with van der Waals surface area (Å²) in [4.78, 5) is 13.3. The zero-order chi connectivity index (χ0) is 20.8. The van der Waals surface area contributed by atoms with Crippen LogP contribution in [0.2, 0.25) is 0 Å². The second-order valence-corrected chi connectivity index (χ2v) is 7.43. The minimum absolute atomic E-state index is 0.0627. The second kappa shape index (κ2) is 9.35. The van der Waals surface area contributed by atoms with Crippen molar-refractivity contribution in [3.05, 3.63) is 84.4 Å². The molecule has 30 heavy (non-hydrogen) atoms. The number of hydrogen-bond acceptors (Lipinski definition) is 4. The Kier molecular flexibility index (Phi) is 6.18. The predicted octanol–water partition coefficient (Wildman–Crippen LogP) is 5.50. The molecule has 5 nitrogen and oxygen atoms in total. The SMILES string of the molecule is O=C(O)CC1CCCN1c1ccc(Oc2cccc(OCc3ccccc3)c2)cc1. The number of anilines is 1. The van der Waals surface area contributed by atoms with E-state index in [9.17, 15) is 4.79 Å². The van der Waals surface area contributed by atoms with Crippen LogP contribution in [0.1, 0.15) is 24.8 Å². The monoisotopic (exact) mass is 403 g/mol. The van der Waals surface area contributed by atoms with Crippen molar-refractivity contribution in [1.82, 2.24) is 0 Å². The molecule has 0 aliphatic carbocycles. The van der Waals surface area contributed by atoms with E-state index in [1.165, 1.54) is 0 Å². The van der Waals surface area contributed by atoms with E-state index in [-0.39, 0.29) is 12.5 Å². The van der Waals surface area contributed by atoms with Crippen LogP contribution in [-0.4, -0.2) is 23.7 Å². The molecule has 1 saturated heterocycles. The third-order valence-corrected chi connectivity index (χ3v) is 5.25. The van der Waals surface area contributed by atoms with Crippen molar-refractivity contribution >= 4 is 11.7 Å². The van der Waals surface area contributed by atoms with E-state index in [1.807, 2.05) is 78.9 Å². The maximum absolute atomic E-state index is 11.1. The van der Waals surface area contributed by atoms with Crippen LogP contribution in [0.25, 0.3) is 0 Å². The number of hydrogen-bond donors (Lipinski definition) is 1. The molecule has 1 unspecified atom stereocenters. The summed E-state index contributed by atoms with van der Waals surface area (Å²) in [6.07, 6.45) is 2.11. The minimum atomic E-state index is -0.749. The molecular weight excluding hydrogens is 378 g/mol. The Morgan fingerprint density at radius 1 is 0.933 bits per heavy atom. The zero-order valence-corrected chi connectivity index (χ0v) is 16.7. The molecule has 1 aliphatic rings. The molecule has 0 radical (unpaired) electrons. The van der Waals surface area contributed by atoms with Crippen LogP contribution in [0.15, 0.2) is 78.9 Å². The fraction of sp³-hybridized carbons (Fsp3) is 0.240. The lowest BCUT2D eigenvalue weighted by atomic mass is 10.1. The molecule has 0 bridgehead atoms. The average Bonchev–Trinajstić information content (AvgIpc) is 3.21. The topological polar surface area (TPSA) is 59.0 Å². The first kappa shape index (κ1) is 19.8. The van der Waals surface area contributed by atoms with Crippen molar-refractivity contribution < 1.29 is 19.4 Å². The summed E-state index contributed by atoms with van der Waals surface area (Å²) in [7, 11) is 0. The highest BCUT2D eigenvalue weighted by atomic mass is 16.5. The minimum Gasteiger partial charge on any atom is -0.489 e. The van der Waals surface area contributed by atoms with Gasteiger partial charge in [0.05, 0.1) is 6.42 Å². The first-order valence-corrected chi connectivity index (χ1v) is 10.2. The fourth-order valence-corrected chi connectivity index (χ4v) is 3.80. The molecule has 0 spiro atoms. The van der Waals surface area contributed by atoms with Gasteiger partial charge in [-0.25, -0.2) is 0 Å². The first-order valence-electron chi connectivity index (χ1n) is 10.2. The smallest absolute Gasteiger partial charge is 0.305 e. The predicted molar refractivity (Wildman–Crippen MR) is 116 cm³/mol. The largest absolute Gasteiger partial charge is 0.489 e. The van der Waals surface area contributed by atoms with Crippen LogP contribution in [0.3, 0.4) is 0 Å². The number of nitrogens with zero attached hydrogens (tertiary/aromatic N) is 1. The van der Waals surface area contributed by atoms with Crippen LogP contribution >= 0.6 is 0 Å². The molecule has 1 N–H and O–H groups in total. The second-order valence-electron chi connectivity index (χ2n) is 7.43. The van der Waals surface area contributed by atoms with Gasteiger partial charge in [0, 0.05) is 24.3 Å². The van der Waals surface area contributed by atoms with Crippen LogP contribution in [0.4, 0.5) is 5.69 Å². The number of rotatable bonds is 8. The van der Waals surface area contributed by atoms with Crippen molar-refractivity contribution in [2.24, 2.45) is 0 Å². The maximum atomic E-state index is 11.1. The van der Waals surface area contributed by atoms with Gasteiger partial charge in [0.2, 0.25) is 0 Å². The summed E-state index contributed by atoms with van der Waals surface area (Å²) < 4.78 is 11.9. The molecule has 0 aromatic heterocycles. The van der Waals surface area contributed by atoms with Gasteiger partial charge in [-0.2, -0.15) is 0 Å². The van der Waals surface area contributed by atoms with E-state index < -0.39 is 5.97 Å². The average molecular weight is 403 g/mol. The summed E-state index contributed by atoms with van der Waals surface area (Å²) in [6.45, 7) is 1.39. The summed E-state index contributed by atoms with van der Waals surface area (Å²) >= 11 is 0. The summed E-state index contributed by atoms with van der Waals surface area (Å²) in [5.41, 5.74) is 2.15. The van der Waals surface area contributed by atoms with Crippen molar-refractivity contribution in [2.45, 2.75) is 31.9 Å². The fourth-order valence-electron chi connectivity index (χ4n) is 3.80. The lowest BCUT2D eigenvalue weighted by Crippen LogP contribution is -2.31. The Hall–Kier alpha value is -3.47. The van der Waals surface area contributed by atoms with Crippen molar-refractivity contribution in [3.8, 4) is 17.2 Å². The van der Waals surface area contributed by atoms with Crippen LogP contribution in [0, 0.1) is 0 Å². The molecule has 5 heteroatoms. The Bertz CT molecular complexity index is 972. The quantitative estimate of drug-likeness (QED) is 0.538. The summed E-state index contributed by atoms with van der Waals surface area (Å²) in [5, 5.41) is 9.12. The Labute approximate surface area is 176 Å². The highest BCUT2D eigenvalue weighted by molar-refractivity contribution is 5.69. The molecule has 3 aromatic rings. The van der Waals surface area contributed by atoms with E-state index in [0.29, 0.717) is 12.4 Å². The number of benzene rings is 3. The molecule has 0 saturated carbocycles. The highest BCUT2D eigenvalue weighted by Gasteiger charge is 2.26. The lowest BCUT2D eigenvalue weighted by molar-refractivity contribution is -0.137. The van der Waals surface area contributed by atoms with E-state index in [2.05, 4.69) is 4.90 Å². The number of carboxylic acid groups (broad SMARTS) is 1. The first-order chi connectivity index (χ1) is 14.7. The number of ether oxygens (including phenoxy) is 2. The van der Waals surface area contributed by atoms with Gasteiger partial charge in [0.25, 0.3) is 0 Å². The van der Waals surface area contributed by atoms with E-state index in [1.54, 1.807) is 0 Å². The van der Waals surface area contributed by atoms with Crippen LogP contribution in [-0.2, 0) is 11.4 Å². The molecule has 3 aromatic carbocycles. The van der Waals surface area contributed by atoms with E-state index >= 15 is 0 Å². The Balaban J connectivity index is 1.38. The van der Waals surface area contributed by atoms with Gasteiger partial charge in [0.1, 0.15) is 23.9 Å². The van der Waals surface area contributed by atoms with Crippen molar-refractivity contribution in [3.63, 3.8) is 0 Å². The van der Waals surface area contributed by atoms with Gasteiger partial charge in [-0.1, -0.05) is 36.4 Å². The van der Waals surface area contributed by atoms with Crippen molar-refractivity contribution in [1.29, 1.82) is 0 Å². The standard InChI is InChI=1S/C25H25NO4/c27-25(28)16-21-8-5-15-26(21)20-11-13-22(14-12-20)30-24-10-4-9-23(17-24)29-18-19-6-2-1-3-7-19/h1-4,6-7,9-14,17,21H,5,8,15-16,18H2,(H,27,28). The van der Waals surface area contributed by atoms with E-state index in [0.717, 1.165) is 42.1 Å². The zero-order valence-electron chi connectivity index (χ0n) is 16.7. The third kappa shape index (κ3) is 5.11. The number of carboxylic acids is 1. The Morgan fingerprint density at radius 3 is 2.47 bits per heavy atom. The maximum Gasteiger partial charge on any atom is 0.305 e. The van der Waals surface area contributed by atoms with Crippen LogP contribution < -0.4 is 14.4 Å². The van der Waals surface area contributed by atoms with Crippen LogP contribution in [0.5, 0.6) is 17.2 Å². The van der Waals surface area contributed by atoms with Gasteiger partial charge in [0.15, 0.2) is 0 Å². The summed E-state index contributed by atoms with van der Waals surface area (Å²) in [6, 6.07) is 25.5. The van der Waals surface area contributed by atoms with Gasteiger partial charge in [-0.05, 0) is 54.8 Å². The van der Waals surface area contributed by atoms with Gasteiger partial charge in [-0.15, -0.1) is 0 Å². The van der Waals surface area contributed by atoms with Crippen molar-refractivity contribution in [2.75, 3.05) is 11.4 Å². The molecule has 1 atom stereocenters. The Morgan fingerprint density at radius 2 is 1.70 bits per heavy atom. The van der Waals surface area contributed by atoms with Gasteiger partial charge >= 0.3 is 5.97 Å². The molecule has 1 aliphatic heterocycles. The normalized spacial score (nSPS) is 15.7. The molecule has 1 fully saturated rings. The highest BCUT2D eigenvalue weighted by Crippen LogP contribution is 2.31. The van der Waals surface area contributed by atoms with Gasteiger partial charge in [-0.3, -0.25) is 4.79 Å². The lowest BCUT2D eigenvalue weighted by Gasteiger charge is -2.25. The molecule has 0 amide bonds. The molecule has 1 heterocycles.